The van der Waals surface area contributed by atoms with Crippen LogP contribution in [0.15, 0.2) is 0 Å². The average molecular weight is 876 g/mol. The molecule has 0 spiro atoms. The van der Waals surface area contributed by atoms with Gasteiger partial charge in [0.1, 0.15) is 0 Å². The summed E-state index contributed by atoms with van der Waals surface area (Å²) in [6, 6.07) is 0. The van der Waals surface area contributed by atoms with Gasteiger partial charge in [0.15, 0.2) is 5.79 Å². The van der Waals surface area contributed by atoms with Crippen molar-refractivity contribution in [1.82, 2.24) is 4.90 Å². The van der Waals surface area contributed by atoms with Crippen LogP contribution in [-0.2, 0) is 28.5 Å². The third-order valence-corrected chi connectivity index (χ3v) is 14.1. The van der Waals surface area contributed by atoms with Crippen LogP contribution in [-0.4, -0.2) is 68.2 Å². The summed E-state index contributed by atoms with van der Waals surface area (Å²) in [6.07, 6.45) is 46.3. The first kappa shape index (κ1) is 56.9. The lowest BCUT2D eigenvalue weighted by Gasteiger charge is -2.29. The first-order valence-electron chi connectivity index (χ1n) is 27.8. The minimum Gasteiger partial charge on any atom is -0.466 e. The highest BCUT2D eigenvalue weighted by Gasteiger charge is 2.40. The van der Waals surface area contributed by atoms with E-state index >= 15 is 0 Å². The minimum absolute atomic E-state index is 0.0297. The zero-order valence-corrected chi connectivity index (χ0v) is 41.9. The van der Waals surface area contributed by atoms with Crippen LogP contribution in [0.25, 0.3) is 0 Å². The largest absolute Gasteiger partial charge is 0.466 e. The Hall–Kier alpha value is -1.18. The van der Waals surface area contributed by atoms with Gasteiger partial charge in [-0.15, -0.1) is 0 Å². The highest BCUT2D eigenvalue weighted by Crippen LogP contribution is 2.36. The normalized spacial score (nSPS) is 16.6. The molecule has 0 radical (unpaired) electrons. The summed E-state index contributed by atoms with van der Waals surface area (Å²) in [4.78, 5) is 27.7. The molecule has 2 heterocycles. The summed E-state index contributed by atoms with van der Waals surface area (Å²) < 4.78 is 24.8. The zero-order chi connectivity index (χ0) is 44.6. The smallest absolute Gasteiger partial charge is 0.306 e. The molecular weight excluding hydrogens is 771 g/mol. The van der Waals surface area contributed by atoms with E-state index in [0.29, 0.717) is 37.9 Å². The van der Waals surface area contributed by atoms with Crippen molar-refractivity contribution in [3.63, 3.8) is 0 Å². The van der Waals surface area contributed by atoms with Crippen LogP contribution >= 0.6 is 0 Å². The molecule has 0 aliphatic carbocycles. The van der Waals surface area contributed by atoms with Gasteiger partial charge in [0.2, 0.25) is 0 Å². The van der Waals surface area contributed by atoms with Gasteiger partial charge in [-0.2, -0.15) is 0 Å². The van der Waals surface area contributed by atoms with Gasteiger partial charge in [0.05, 0.1) is 25.9 Å². The lowest BCUT2D eigenvalue weighted by Crippen LogP contribution is -2.32. The molecular formula is C55H105NO6. The predicted octanol–water partition coefficient (Wildman–Crippen LogP) is 16.0. The lowest BCUT2D eigenvalue weighted by molar-refractivity contribution is -0.180. The van der Waals surface area contributed by atoms with Crippen molar-refractivity contribution < 1.29 is 28.5 Å². The predicted molar refractivity (Wildman–Crippen MR) is 262 cm³/mol. The number of rotatable bonds is 45. The summed E-state index contributed by atoms with van der Waals surface area (Å²) in [6.45, 7) is 14.6. The number of hydrogen-bond acceptors (Lipinski definition) is 7. The lowest BCUT2D eigenvalue weighted by atomic mass is 9.92. The summed E-state index contributed by atoms with van der Waals surface area (Å²) in [5, 5.41) is 0. The SMILES string of the molecule is CCCCCC(CCCCC)CC(=O)OCCCCCCCCCCC1(CCCCCCCCCCOC(=O)CC(CCCCC)CCCCC)OCC(CCN2CCCC2)O1. The van der Waals surface area contributed by atoms with Crippen LogP contribution in [0.1, 0.15) is 278 Å². The van der Waals surface area contributed by atoms with E-state index in [4.69, 9.17) is 18.9 Å². The molecule has 62 heavy (non-hydrogen) atoms. The molecule has 366 valence electrons. The fourth-order valence-corrected chi connectivity index (χ4v) is 9.98. The van der Waals surface area contributed by atoms with E-state index in [1.807, 2.05) is 0 Å². The van der Waals surface area contributed by atoms with Crippen LogP contribution < -0.4 is 0 Å². The molecule has 0 aromatic heterocycles. The van der Waals surface area contributed by atoms with Gasteiger partial charge in [-0.3, -0.25) is 9.59 Å². The summed E-state index contributed by atoms with van der Waals surface area (Å²) >= 11 is 0. The first-order valence-corrected chi connectivity index (χ1v) is 27.8. The molecule has 1 atom stereocenters. The number of esters is 2. The third-order valence-electron chi connectivity index (χ3n) is 14.1. The number of likely N-dealkylation sites (tertiary alicyclic amines) is 1. The zero-order valence-electron chi connectivity index (χ0n) is 41.9. The molecule has 7 nitrogen and oxygen atoms in total. The maximum atomic E-state index is 12.6. The Bertz CT molecular complexity index is 936. The van der Waals surface area contributed by atoms with Crippen molar-refractivity contribution in [1.29, 1.82) is 0 Å². The minimum atomic E-state index is -0.374. The number of unbranched alkanes of at least 4 members (excludes halogenated alkanes) is 22. The van der Waals surface area contributed by atoms with Gasteiger partial charge in [-0.1, -0.05) is 182 Å². The highest BCUT2D eigenvalue weighted by atomic mass is 16.7. The van der Waals surface area contributed by atoms with Gasteiger partial charge in [-0.05, 0) is 95.6 Å². The molecule has 2 aliphatic heterocycles. The van der Waals surface area contributed by atoms with Crippen molar-refractivity contribution in [3.05, 3.63) is 0 Å². The molecule has 2 aliphatic rings. The summed E-state index contributed by atoms with van der Waals surface area (Å²) in [7, 11) is 0. The number of nitrogens with zero attached hydrogens (tertiary/aromatic N) is 1. The van der Waals surface area contributed by atoms with Crippen LogP contribution in [0.4, 0.5) is 0 Å². The van der Waals surface area contributed by atoms with Crippen LogP contribution in [0.3, 0.4) is 0 Å². The maximum Gasteiger partial charge on any atom is 0.306 e. The van der Waals surface area contributed by atoms with Gasteiger partial charge in [0, 0.05) is 32.2 Å². The molecule has 0 bridgehead atoms. The first-order chi connectivity index (χ1) is 30.4. The van der Waals surface area contributed by atoms with E-state index in [-0.39, 0.29) is 23.8 Å². The van der Waals surface area contributed by atoms with Crippen LogP contribution in [0.2, 0.25) is 0 Å². The van der Waals surface area contributed by atoms with E-state index in [1.165, 1.54) is 206 Å². The monoisotopic (exact) mass is 876 g/mol. The Morgan fingerprint density at radius 1 is 0.516 bits per heavy atom. The number of carbonyl (C=O) groups excluding carboxylic acids is 2. The van der Waals surface area contributed by atoms with E-state index in [2.05, 4.69) is 32.6 Å². The third kappa shape index (κ3) is 30.9. The Morgan fingerprint density at radius 3 is 1.27 bits per heavy atom. The van der Waals surface area contributed by atoms with E-state index in [0.717, 1.165) is 58.1 Å². The fraction of sp³-hybridized carbons (Fsp3) is 0.964. The number of ether oxygens (including phenoxy) is 4. The van der Waals surface area contributed by atoms with E-state index in [9.17, 15) is 9.59 Å². The Balaban J connectivity index is 1.56. The molecule has 2 fully saturated rings. The molecule has 2 rings (SSSR count). The molecule has 2 saturated heterocycles. The Kier molecular flexibility index (Phi) is 36.9. The second-order valence-corrected chi connectivity index (χ2v) is 20.0. The summed E-state index contributed by atoms with van der Waals surface area (Å²) in [5.41, 5.74) is 0. The van der Waals surface area contributed by atoms with Crippen molar-refractivity contribution in [2.24, 2.45) is 11.8 Å². The van der Waals surface area contributed by atoms with Crippen LogP contribution in [0, 0.1) is 11.8 Å². The standard InChI is InChI=1S/C55H105NO6/c1-5-9-25-35-50(36-26-10-6-2)47-53(57)59-45-33-23-19-15-13-17-21-29-40-55(61-49-52(62-55)39-44-56-42-31-32-43-56)41-30-22-18-14-16-20-24-34-46-60-54(58)48-51(37-27-11-7-3)38-28-12-8-4/h50-52H,5-49H2,1-4H3. The second-order valence-electron chi connectivity index (χ2n) is 20.0. The molecule has 0 saturated carbocycles. The number of carbonyl (C=O) groups is 2. The highest BCUT2D eigenvalue weighted by molar-refractivity contribution is 5.70. The van der Waals surface area contributed by atoms with E-state index < -0.39 is 0 Å². The average Bonchev–Trinajstić information content (AvgIpc) is 3.95. The van der Waals surface area contributed by atoms with Gasteiger partial charge >= 0.3 is 11.9 Å². The molecule has 7 heteroatoms. The van der Waals surface area contributed by atoms with E-state index in [1.54, 1.807) is 0 Å². The Labute approximate surface area is 385 Å². The fourth-order valence-electron chi connectivity index (χ4n) is 9.98. The van der Waals surface area contributed by atoms with Gasteiger partial charge in [0.25, 0.3) is 0 Å². The van der Waals surface area contributed by atoms with Crippen molar-refractivity contribution >= 4 is 11.9 Å². The molecule has 0 amide bonds. The van der Waals surface area contributed by atoms with Gasteiger partial charge < -0.3 is 23.8 Å². The maximum absolute atomic E-state index is 12.6. The summed E-state index contributed by atoms with van der Waals surface area (Å²) in [5.74, 6) is 0.703. The molecule has 0 aromatic carbocycles. The quantitative estimate of drug-likeness (QED) is 0.0446. The van der Waals surface area contributed by atoms with Crippen LogP contribution in [0.5, 0.6) is 0 Å². The van der Waals surface area contributed by atoms with Crippen molar-refractivity contribution in [2.75, 3.05) is 39.5 Å². The molecule has 1 unspecified atom stereocenters. The molecule has 0 N–H and O–H groups in total. The van der Waals surface area contributed by atoms with Gasteiger partial charge in [-0.25, -0.2) is 0 Å². The number of hydrogen-bond donors (Lipinski definition) is 0. The molecule has 0 aromatic rings. The van der Waals surface area contributed by atoms with Crippen molar-refractivity contribution in [2.45, 2.75) is 290 Å². The Morgan fingerprint density at radius 2 is 0.887 bits per heavy atom. The van der Waals surface area contributed by atoms with Crippen molar-refractivity contribution in [3.8, 4) is 0 Å². The second kappa shape index (κ2) is 40.1. The topological polar surface area (TPSA) is 74.3 Å².